The summed E-state index contributed by atoms with van der Waals surface area (Å²) in [4.78, 5) is 30.6. The summed E-state index contributed by atoms with van der Waals surface area (Å²) in [7, 11) is 0. The second-order valence-corrected chi connectivity index (χ2v) is 10.7. The summed E-state index contributed by atoms with van der Waals surface area (Å²) in [5.74, 6) is 0.221. The first-order valence-electron chi connectivity index (χ1n) is 16.2. The standard InChI is InChI=1S/C17H13NO2.C13H22N2.C8H10.C2H6/c1-12(19)17(20)16-15(13-7-3-2-4-8-13)11-14-9-5-6-10-18(14)16;1-4-9-15(10-5-2)13-11-12(6-3)7-8-14-13;1-7-3-5-8(2)6-4-7;1-2/h2-11H,1H3;7-8,11H,4-6,9-10H2,1-3H3;3-6H,1-2H3;1-2H3. The average molecular weight is 606 g/mol. The Morgan fingerprint density at radius 1 is 0.756 bits per heavy atom. The molecular formula is C40H51N3O2. The van der Waals surface area contributed by atoms with Gasteiger partial charge in [0.25, 0.3) is 0 Å². The first-order chi connectivity index (χ1) is 21.8. The number of hydrogen-bond acceptors (Lipinski definition) is 4. The Labute approximate surface area is 271 Å². The molecule has 3 heterocycles. The van der Waals surface area contributed by atoms with Crippen LogP contribution < -0.4 is 4.90 Å². The molecule has 0 aliphatic heterocycles. The fourth-order valence-electron chi connectivity index (χ4n) is 4.73. The zero-order valence-corrected chi connectivity index (χ0v) is 28.5. The van der Waals surface area contributed by atoms with Gasteiger partial charge in [0.05, 0.1) is 0 Å². The van der Waals surface area contributed by atoms with E-state index in [0.29, 0.717) is 5.69 Å². The molecule has 0 spiro atoms. The van der Waals surface area contributed by atoms with E-state index in [1.54, 1.807) is 10.6 Å². The molecule has 0 saturated carbocycles. The fourth-order valence-corrected chi connectivity index (χ4v) is 4.73. The van der Waals surface area contributed by atoms with Crippen molar-refractivity contribution in [1.82, 2.24) is 9.38 Å². The molecule has 5 aromatic rings. The van der Waals surface area contributed by atoms with Crippen LogP contribution in [-0.4, -0.2) is 34.0 Å². The van der Waals surface area contributed by atoms with Crippen LogP contribution >= 0.6 is 0 Å². The first-order valence-corrected chi connectivity index (χ1v) is 16.2. The second-order valence-electron chi connectivity index (χ2n) is 10.7. The molecular weight excluding hydrogens is 554 g/mol. The summed E-state index contributed by atoms with van der Waals surface area (Å²) in [6.45, 7) is 18.3. The summed E-state index contributed by atoms with van der Waals surface area (Å²) < 4.78 is 1.77. The summed E-state index contributed by atoms with van der Waals surface area (Å²) in [5.41, 5.74) is 7.08. The lowest BCUT2D eigenvalue weighted by atomic mass is 10.0. The Bertz CT molecular complexity index is 1560. The molecule has 0 amide bonds. The van der Waals surface area contributed by atoms with Crippen LogP contribution in [0.4, 0.5) is 5.82 Å². The molecule has 3 aromatic heterocycles. The van der Waals surface area contributed by atoms with Crippen molar-refractivity contribution in [1.29, 1.82) is 0 Å². The van der Waals surface area contributed by atoms with Gasteiger partial charge in [-0.3, -0.25) is 9.59 Å². The quantitative estimate of drug-likeness (QED) is 0.124. The fraction of sp³-hybridized carbons (Fsp3) is 0.325. The number of Topliss-reactive ketones (excluding diaryl/α,β-unsaturated/α-hetero) is 2. The summed E-state index contributed by atoms with van der Waals surface area (Å²) >= 11 is 0. The number of ketones is 2. The molecule has 0 N–H and O–H groups in total. The van der Waals surface area contributed by atoms with Crippen LogP contribution in [-0.2, 0) is 11.2 Å². The van der Waals surface area contributed by atoms with Crippen molar-refractivity contribution >= 4 is 22.9 Å². The van der Waals surface area contributed by atoms with E-state index < -0.39 is 11.6 Å². The molecule has 5 rings (SSSR count). The zero-order chi connectivity index (χ0) is 33.2. The van der Waals surface area contributed by atoms with Gasteiger partial charge in [0.15, 0.2) is 0 Å². The monoisotopic (exact) mass is 605 g/mol. The van der Waals surface area contributed by atoms with Gasteiger partial charge >= 0.3 is 0 Å². The minimum atomic E-state index is -0.463. The lowest BCUT2D eigenvalue weighted by Gasteiger charge is -2.22. The van der Waals surface area contributed by atoms with E-state index in [4.69, 9.17) is 0 Å². The highest BCUT2D eigenvalue weighted by Gasteiger charge is 2.21. The summed E-state index contributed by atoms with van der Waals surface area (Å²) in [5, 5.41) is 0. The number of benzene rings is 2. The average Bonchev–Trinajstić information content (AvgIpc) is 3.47. The Morgan fingerprint density at radius 2 is 1.33 bits per heavy atom. The van der Waals surface area contributed by atoms with Gasteiger partial charge in [-0.25, -0.2) is 4.98 Å². The molecule has 2 aromatic carbocycles. The van der Waals surface area contributed by atoms with Crippen LogP contribution in [0.3, 0.4) is 0 Å². The highest BCUT2D eigenvalue weighted by atomic mass is 16.2. The Kier molecular flexibility index (Phi) is 16.1. The minimum absolute atomic E-state index is 0.430. The van der Waals surface area contributed by atoms with Crippen LogP contribution in [0.5, 0.6) is 0 Å². The predicted molar refractivity (Wildman–Crippen MR) is 192 cm³/mol. The van der Waals surface area contributed by atoms with Gasteiger partial charge in [-0.2, -0.15) is 0 Å². The molecule has 5 nitrogen and oxygen atoms in total. The van der Waals surface area contributed by atoms with Crippen molar-refractivity contribution in [3.8, 4) is 11.1 Å². The van der Waals surface area contributed by atoms with Crippen LogP contribution in [0, 0.1) is 13.8 Å². The maximum absolute atomic E-state index is 12.2. The lowest BCUT2D eigenvalue weighted by molar-refractivity contribution is -0.113. The molecule has 0 aliphatic rings. The molecule has 45 heavy (non-hydrogen) atoms. The number of pyridine rings is 2. The van der Waals surface area contributed by atoms with Crippen molar-refractivity contribution in [2.45, 2.75) is 74.7 Å². The number of carbonyl (C=O) groups excluding carboxylic acids is 2. The van der Waals surface area contributed by atoms with Gasteiger partial charge < -0.3 is 9.30 Å². The number of aryl methyl sites for hydroxylation is 3. The van der Waals surface area contributed by atoms with E-state index in [-0.39, 0.29) is 0 Å². The highest BCUT2D eigenvalue weighted by molar-refractivity contribution is 6.43. The van der Waals surface area contributed by atoms with E-state index in [1.807, 2.05) is 74.6 Å². The first kappa shape index (κ1) is 36.7. The largest absolute Gasteiger partial charge is 0.357 e. The molecule has 0 atom stereocenters. The van der Waals surface area contributed by atoms with E-state index >= 15 is 0 Å². The van der Waals surface area contributed by atoms with Gasteiger partial charge in [0.2, 0.25) is 11.6 Å². The van der Waals surface area contributed by atoms with Crippen LogP contribution in [0.2, 0.25) is 0 Å². The van der Waals surface area contributed by atoms with Gasteiger partial charge in [0.1, 0.15) is 11.5 Å². The third-order valence-electron chi connectivity index (χ3n) is 7.05. The van der Waals surface area contributed by atoms with Gasteiger partial charge in [-0.1, -0.05) is 106 Å². The third-order valence-corrected chi connectivity index (χ3v) is 7.05. The number of fused-ring (bicyclic) bond motifs is 1. The molecule has 0 radical (unpaired) electrons. The molecule has 5 heteroatoms. The molecule has 0 bridgehead atoms. The zero-order valence-electron chi connectivity index (χ0n) is 28.5. The normalized spacial score (nSPS) is 9.96. The van der Waals surface area contributed by atoms with Gasteiger partial charge in [0, 0.05) is 43.5 Å². The van der Waals surface area contributed by atoms with Crippen molar-refractivity contribution in [2.24, 2.45) is 0 Å². The lowest BCUT2D eigenvalue weighted by Crippen LogP contribution is -2.25. The number of nitrogens with zero attached hydrogens (tertiary/aromatic N) is 3. The third kappa shape index (κ3) is 11.2. The van der Waals surface area contributed by atoms with Crippen molar-refractivity contribution in [2.75, 3.05) is 18.0 Å². The summed E-state index contributed by atoms with van der Waals surface area (Å²) in [6, 6.07) is 30.0. The molecule has 0 unspecified atom stereocenters. The van der Waals surface area contributed by atoms with Gasteiger partial charge in [-0.15, -0.1) is 0 Å². The number of hydrogen-bond donors (Lipinski definition) is 0. The van der Waals surface area contributed by atoms with Crippen LogP contribution in [0.1, 0.15) is 81.6 Å². The minimum Gasteiger partial charge on any atom is -0.357 e. The number of carbonyl (C=O) groups is 2. The van der Waals surface area contributed by atoms with Crippen molar-refractivity contribution in [3.63, 3.8) is 0 Å². The van der Waals surface area contributed by atoms with E-state index in [1.165, 1.54) is 36.5 Å². The van der Waals surface area contributed by atoms with E-state index in [2.05, 4.69) is 80.9 Å². The van der Waals surface area contributed by atoms with Crippen LogP contribution in [0.25, 0.3) is 16.6 Å². The maximum atomic E-state index is 12.2. The smallest absolute Gasteiger partial charge is 0.245 e. The molecule has 238 valence electrons. The number of aromatic nitrogens is 2. The second kappa shape index (κ2) is 19.7. The number of anilines is 1. The number of rotatable bonds is 9. The van der Waals surface area contributed by atoms with Gasteiger partial charge in [-0.05, 0) is 74.6 Å². The Morgan fingerprint density at radius 3 is 1.87 bits per heavy atom. The SMILES string of the molecule is CC.CC(=O)C(=O)c1c(-c2ccccc2)cc2ccccn12.CCCN(CCC)c1cc(CC)ccn1.Cc1ccc(C)cc1. The van der Waals surface area contributed by atoms with Crippen LogP contribution in [0.15, 0.2) is 103 Å². The van der Waals surface area contributed by atoms with E-state index in [9.17, 15) is 9.59 Å². The highest BCUT2D eigenvalue weighted by Crippen LogP contribution is 2.28. The predicted octanol–water partition coefficient (Wildman–Crippen LogP) is 9.98. The van der Waals surface area contributed by atoms with E-state index in [0.717, 1.165) is 42.0 Å². The van der Waals surface area contributed by atoms with Crippen molar-refractivity contribution < 1.29 is 9.59 Å². The molecule has 0 aliphatic carbocycles. The van der Waals surface area contributed by atoms with Crippen molar-refractivity contribution in [3.05, 3.63) is 126 Å². The maximum Gasteiger partial charge on any atom is 0.245 e. The Hall–Kier alpha value is -4.51. The topological polar surface area (TPSA) is 54.7 Å². The summed E-state index contributed by atoms with van der Waals surface area (Å²) in [6.07, 6.45) is 7.17. The Balaban J connectivity index is 0.000000248. The molecule has 0 fully saturated rings. The molecule has 0 saturated heterocycles.